The molecule has 0 spiro atoms. The molecule has 0 heterocycles. The molecular weight excluding hydrogens is 288 g/mol. The fourth-order valence-electron chi connectivity index (χ4n) is 2.81. The lowest BCUT2D eigenvalue weighted by Crippen LogP contribution is -2.30. The van der Waals surface area contributed by atoms with Crippen LogP contribution in [-0.4, -0.2) is 12.7 Å². The zero-order chi connectivity index (χ0) is 17.2. The zero-order valence-corrected chi connectivity index (χ0v) is 15.6. The number of unbranched alkanes of at least 4 members (excludes halogenated alkanes) is 12. The molecule has 0 aromatic carbocycles. The van der Waals surface area contributed by atoms with Crippen molar-refractivity contribution in [3.05, 3.63) is 0 Å². The van der Waals surface area contributed by atoms with E-state index in [-0.39, 0.29) is 0 Å². The van der Waals surface area contributed by atoms with Gasteiger partial charge in [-0.15, -0.1) is 0 Å². The fourth-order valence-corrected chi connectivity index (χ4v) is 2.81. The van der Waals surface area contributed by atoms with Crippen molar-refractivity contribution < 1.29 is 9.53 Å². The van der Waals surface area contributed by atoms with E-state index in [1.807, 2.05) is 5.43 Å². The van der Waals surface area contributed by atoms with Gasteiger partial charge >= 0.3 is 6.09 Å². The molecule has 0 aliphatic rings. The molecule has 0 aromatic rings. The normalized spacial score (nSPS) is 11.0. The monoisotopic (exact) mass is 328 g/mol. The number of carbonyl (C=O) groups excluding carboxylic acids is 1. The Hall–Kier alpha value is -0.770. The van der Waals surface area contributed by atoms with Crippen molar-refractivity contribution in [2.75, 3.05) is 6.61 Å². The molecule has 0 unspecified atom stereocenters. The number of rotatable bonds is 16. The van der Waals surface area contributed by atoms with Crippen LogP contribution in [0.5, 0.6) is 0 Å². The largest absolute Gasteiger partial charge is 0.449 e. The predicted octanol–water partition coefficient (Wildman–Crippen LogP) is 5.70. The Morgan fingerprint density at radius 1 is 0.783 bits per heavy atom. The predicted molar refractivity (Wildman–Crippen MR) is 98.1 cm³/mol. The van der Waals surface area contributed by atoms with Crippen molar-refractivity contribution in [3.63, 3.8) is 0 Å². The van der Waals surface area contributed by atoms with Gasteiger partial charge in [-0.1, -0.05) is 97.3 Å². The minimum absolute atomic E-state index is 0.472. The Labute approximate surface area is 143 Å². The Bertz CT molecular complexity index is 258. The lowest BCUT2D eigenvalue weighted by Gasteiger charge is -2.05. The molecule has 0 radical (unpaired) electrons. The van der Waals surface area contributed by atoms with Crippen LogP contribution in [0.3, 0.4) is 0 Å². The summed E-state index contributed by atoms with van der Waals surface area (Å²) in [6, 6.07) is 0. The maximum absolute atomic E-state index is 10.7. The van der Waals surface area contributed by atoms with E-state index in [4.69, 9.17) is 10.6 Å². The molecule has 0 atom stereocenters. The third-order valence-corrected chi connectivity index (χ3v) is 4.28. The second-order valence-electron chi connectivity index (χ2n) is 7.06. The summed E-state index contributed by atoms with van der Waals surface area (Å²) in [7, 11) is 0. The van der Waals surface area contributed by atoms with Gasteiger partial charge in [0.05, 0.1) is 6.61 Å². The van der Waals surface area contributed by atoms with Gasteiger partial charge in [0.25, 0.3) is 0 Å². The van der Waals surface area contributed by atoms with Gasteiger partial charge in [0, 0.05) is 0 Å². The van der Waals surface area contributed by atoms with Crippen molar-refractivity contribution >= 4 is 6.09 Å². The van der Waals surface area contributed by atoms with Crippen LogP contribution in [0.25, 0.3) is 0 Å². The first-order chi connectivity index (χ1) is 11.2. The molecule has 0 aliphatic carbocycles. The van der Waals surface area contributed by atoms with Crippen LogP contribution in [0.4, 0.5) is 4.79 Å². The summed E-state index contributed by atoms with van der Waals surface area (Å²) in [5.74, 6) is 5.79. The quantitative estimate of drug-likeness (QED) is 0.165. The molecule has 0 bridgehead atoms. The lowest BCUT2D eigenvalue weighted by atomic mass is 10.0. The Morgan fingerprint density at radius 3 is 1.57 bits per heavy atom. The summed E-state index contributed by atoms with van der Waals surface area (Å²) >= 11 is 0. The van der Waals surface area contributed by atoms with Gasteiger partial charge in [0.2, 0.25) is 0 Å². The van der Waals surface area contributed by atoms with E-state index in [0.29, 0.717) is 6.61 Å². The molecule has 0 rings (SSSR count). The highest BCUT2D eigenvalue weighted by atomic mass is 16.5. The van der Waals surface area contributed by atoms with E-state index in [9.17, 15) is 4.79 Å². The SMILES string of the molecule is CC(C)CCCCCCCCCCCCCCCOC(=O)NN. The average molecular weight is 329 g/mol. The van der Waals surface area contributed by atoms with Crippen LogP contribution < -0.4 is 11.3 Å². The highest BCUT2D eigenvalue weighted by Gasteiger charge is 1.98. The topological polar surface area (TPSA) is 64.3 Å². The van der Waals surface area contributed by atoms with Gasteiger partial charge in [-0.2, -0.15) is 0 Å². The van der Waals surface area contributed by atoms with Crippen molar-refractivity contribution in [2.24, 2.45) is 11.8 Å². The van der Waals surface area contributed by atoms with Crippen LogP contribution in [0.2, 0.25) is 0 Å². The molecule has 138 valence electrons. The summed E-state index contributed by atoms with van der Waals surface area (Å²) < 4.78 is 4.83. The maximum Gasteiger partial charge on any atom is 0.421 e. The van der Waals surface area contributed by atoms with Crippen LogP contribution in [0.15, 0.2) is 0 Å². The first kappa shape index (κ1) is 22.2. The number of nitrogens with one attached hydrogen (secondary N) is 1. The second-order valence-corrected chi connectivity index (χ2v) is 7.06. The van der Waals surface area contributed by atoms with Crippen molar-refractivity contribution in [3.8, 4) is 0 Å². The number of nitrogens with two attached hydrogens (primary N) is 1. The maximum atomic E-state index is 10.7. The zero-order valence-electron chi connectivity index (χ0n) is 15.6. The molecule has 3 N–H and O–H groups in total. The van der Waals surface area contributed by atoms with Gasteiger partial charge in [-0.25, -0.2) is 10.6 Å². The lowest BCUT2D eigenvalue weighted by molar-refractivity contribution is 0.144. The van der Waals surface area contributed by atoms with E-state index >= 15 is 0 Å². The molecular formula is C19H40N2O2. The van der Waals surface area contributed by atoms with Crippen molar-refractivity contribution in [1.82, 2.24) is 5.43 Å². The molecule has 1 amide bonds. The third-order valence-electron chi connectivity index (χ3n) is 4.28. The first-order valence-electron chi connectivity index (χ1n) is 9.80. The summed E-state index contributed by atoms with van der Waals surface area (Å²) in [5, 5.41) is 0. The summed E-state index contributed by atoms with van der Waals surface area (Å²) in [5.41, 5.74) is 1.96. The Balaban J connectivity index is 3.01. The van der Waals surface area contributed by atoms with Crippen LogP contribution in [-0.2, 0) is 4.74 Å². The smallest absolute Gasteiger partial charge is 0.421 e. The van der Waals surface area contributed by atoms with Gasteiger partial charge in [-0.05, 0) is 12.3 Å². The molecule has 0 saturated carbocycles. The van der Waals surface area contributed by atoms with E-state index in [2.05, 4.69) is 13.8 Å². The standard InChI is InChI=1S/C19H40N2O2/c1-18(2)16-14-12-10-8-6-4-3-5-7-9-11-13-15-17-23-19(22)21-20/h18H,3-17,20H2,1-2H3,(H,21,22). The van der Waals surface area contributed by atoms with Gasteiger partial charge in [0.1, 0.15) is 0 Å². The molecule has 4 nitrogen and oxygen atoms in total. The Kier molecular flexibility index (Phi) is 17.0. The molecule has 0 aliphatic heterocycles. The van der Waals surface area contributed by atoms with Crippen LogP contribution in [0, 0.1) is 5.92 Å². The molecule has 0 saturated heterocycles. The van der Waals surface area contributed by atoms with E-state index in [1.54, 1.807) is 0 Å². The minimum atomic E-state index is -0.537. The third kappa shape index (κ3) is 19.2. The van der Waals surface area contributed by atoms with E-state index < -0.39 is 6.09 Å². The van der Waals surface area contributed by atoms with E-state index in [0.717, 1.165) is 18.8 Å². The average Bonchev–Trinajstić information content (AvgIpc) is 2.53. The van der Waals surface area contributed by atoms with Crippen molar-refractivity contribution in [2.45, 2.75) is 104 Å². The van der Waals surface area contributed by atoms with Gasteiger partial charge < -0.3 is 4.74 Å². The number of carbonyl (C=O) groups is 1. The number of ether oxygens (including phenoxy) is 1. The Morgan fingerprint density at radius 2 is 1.17 bits per heavy atom. The van der Waals surface area contributed by atoms with Crippen LogP contribution in [0.1, 0.15) is 104 Å². The molecule has 4 heteroatoms. The number of hydrazine groups is 1. The summed E-state index contributed by atoms with van der Waals surface area (Å²) in [6.45, 7) is 5.10. The van der Waals surface area contributed by atoms with E-state index in [1.165, 1.54) is 77.0 Å². The van der Waals surface area contributed by atoms with Gasteiger partial charge in [0.15, 0.2) is 0 Å². The summed E-state index contributed by atoms with van der Waals surface area (Å²) in [4.78, 5) is 10.7. The molecule has 23 heavy (non-hydrogen) atoms. The number of amides is 1. The second kappa shape index (κ2) is 17.6. The van der Waals surface area contributed by atoms with Gasteiger partial charge in [-0.3, -0.25) is 5.43 Å². The summed E-state index contributed by atoms with van der Waals surface area (Å²) in [6.07, 6.45) is 18.1. The number of hydrogen-bond acceptors (Lipinski definition) is 3. The highest BCUT2D eigenvalue weighted by molar-refractivity contribution is 5.66. The molecule has 0 fully saturated rings. The molecule has 0 aromatic heterocycles. The fraction of sp³-hybridized carbons (Fsp3) is 0.947. The minimum Gasteiger partial charge on any atom is -0.449 e. The highest BCUT2D eigenvalue weighted by Crippen LogP contribution is 2.14. The first-order valence-corrected chi connectivity index (χ1v) is 9.80. The van der Waals surface area contributed by atoms with Crippen LogP contribution >= 0.6 is 0 Å². The number of hydrogen-bond donors (Lipinski definition) is 2. The van der Waals surface area contributed by atoms with Crippen molar-refractivity contribution in [1.29, 1.82) is 0 Å².